The van der Waals surface area contributed by atoms with E-state index in [-0.39, 0.29) is 18.3 Å². The molecule has 0 radical (unpaired) electrons. The number of hydrogen-bond donors (Lipinski definition) is 3. The van der Waals surface area contributed by atoms with Crippen LogP contribution in [0.5, 0.6) is 0 Å². The first-order valence-corrected chi connectivity index (χ1v) is 10.2. The predicted molar refractivity (Wildman–Crippen MR) is 101 cm³/mol. The van der Waals surface area contributed by atoms with E-state index in [4.69, 9.17) is 9.15 Å². The predicted octanol–water partition coefficient (Wildman–Crippen LogP) is 2.53. The zero-order chi connectivity index (χ0) is 20.7. The number of esters is 1. The molecular weight excluding hydrogens is 360 g/mol. The lowest BCUT2D eigenvalue weighted by Gasteiger charge is -2.69. The summed E-state index contributed by atoms with van der Waals surface area (Å²) in [5.41, 5.74) is -3.16. The molecule has 0 amide bonds. The maximum atomic E-state index is 12.1. The maximum absolute atomic E-state index is 12.1. The van der Waals surface area contributed by atoms with Gasteiger partial charge < -0.3 is 24.5 Å². The van der Waals surface area contributed by atoms with Gasteiger partial charge >= 0.3 is 5.97 Å². The Morgan fingerprint density at radius 1 is 1.25 bits per heavy atom. The van der Waals surface area contributed by atoms with Crippen LogP contribution in [0.15, 0.2) is 16.7 Å². The van der Waals surface area contributed by atoms with Gasteiger partial charge in [0.1, 0.15) is 11.9 Å². The minimum absolute atomic E-state index is 0.138. The van der Waals surface area contributed by atoms with Crippen LogP contribution in [-0.2, 0) is 21.6 Å². The van der Waals surface area contributed by atoms with Gasteiger partial charge in [0.2, 0.25) is 0 Å². The van der Waals surface area contributed by atoms with Crippen molar-refractivity contribution in [2.45, 2.75) is 83.7 Å². The summed E-state index contributed by atoms with van der Waals surface area (Å²) in [6, 6.07) is 1.76. The largest absolute Gasteiger partial charge is 0.469 e. The van der Waals surface area contributed by atoms with Crippen molar-refractivity contribution in [3.8, 4) is 0 Å². The molecule has 7 atom stereocenters. The van der Waals surface area contributed by atoms with Crippen LogP contribution in [-0.4, -0.2) is 39.1 Å². The molecule has 1 heterocycles. The topological polar surface area (TPSA) is 100 Å². The Morgan fingerprint density at radius 3 is 2.57 bits per heavy atom. The van der Waals surface area contributed by atoms with Crippen molar-refractivity contribution in [1.82, 2.24) is 0 Å². The second-order valence-corrected chi connectivity index (χ2v) is 10.2. The van der Waals surface area contributed by atoms with E-state index in [1.165, 1.54) is 6.92 Å². The van der Waals surface area contributed by atoms with Gasteiger partial charge in [-0.15, -0.1) is 0 Å². The molecule has 3 aliphatic rings. The molecule has 2 unspecified atom stereocenters. The summed E-state index contributed by atoms with van der Waals surface area (Å²) in [4.78, 5) is 11.9. The number of carbonyl (C=O) groups is 1. The first kappa shape index (κ1) is 19.9. The second kappa shape index (κ2) is 5.83. The molecule has 3 aliphatic carbocycles. The number of aliphatic hydroxyl groups excluding tert-OH is 1. The summed E-state index contributed by atoms with van der Waals surface area (Å²) in [5.74, 6) is -0.500. The first-order chi connectivity index (χ1) is 12.9. The lowest BCUT2D eigenvalue weighted by molar-refractivity contribution is -0.311. The van der Waals surface area contributed by atoms with Crippen molar-refractivity contribution < 1.29 is 29.3 Å². The van der Waals surface area contributed by atoms with Gasteiger partial charge in [-0.3, -0.25) is 4.79 Å². The van der Waals surface area contributed by atoms with E-state index in [1.807, 2.05) is 20.8 Å². The number of aliphatic hydroxyl groups is 3. The normalized spacial score (nSPS) is 46.9. The molecule has 2 saturated carbocycles. The third kappa shape index (κ3) is 2.28. The van der Waals surface area contributed by atoms with Crippen LogP contribution in [0.3, 0.4) is 0 Å². The minimum Gasteiger partial charge on any atom is -0.469 e. The second-order valence-electron chi connectivity index (χ2n) is 10.2. The van der Waals surface area contributed by atoms with Crippen molar-refractivity contribution in [2.24, 2.45) is 22.7 Å². The van der Waals surface area contributed by atoms with Gasteiger partial charge in [0.15, 0.2) is 0 Å². The summed E-state index contributed by atoms with van der Waals surface area (Å²) in [5, 5.41) is 34.7. The average Bonchev–Trinajstić information content (AvgIpc) is 3.04. The highest BCUT2D eigenvalue weighted by Gasteiger charge is 2.73. The van der Waals surface area contributed by atoms with Crippen molar-refractivity contribution in [1.29, 1.82) is 0 Å². The van der Waals surface area contributed by atoms with Crippen LogP contribution in [0, 0.1) is 22.7 Å². The van der Waals surface area contributed by atoms with Gasteiger partial charge in [-0.2, -0.15) is 0 Å². The van der Waals surface area contributed by atoms with Crippen molar-refractivity contribution in [2.75, 3.05) is 0 Å². The van der Waals surface area contributed by atoms with E-state index in [9.17, 15) is 20.1 Å². The van der Waals surface area contributed by atoms with E-state index >= 15 is 0 Å². The van der Waals surface area contributed by atoms with Gasteiger partial charge in [-0.05, 0) is 37.2 Å². The molecule has 0 saturated heterocycles. The molecule has 6 nitrogen and oxygen atoms in total. The van der Waals surface area contributed by atoms with Crippen LogP contribution in [0.1, 0.15) is 65.2 Å². The highest BCUT2D eigenvalue weighted by atomic mass is 16.5. The quantitative estimate of drug-likeness (QED) is 0.635. The van der Waals surface area contributed by atoms with E-state index in [2.05, 4.69) is 0 Å². The Hall–Kier alpha value is -1.37. The molecule has 4 rings (SSSR count). The standard InChI is InChI=1S/C22H32O6/c1-12(23)28-17-6-8-19(2,3)22(26)11-15(24)18-14(20(17,22)4)10-16-13(7-9-27-16)21(18,5)25/h7,9,14-15,17-18,24-26H,6,8,10-11H2,1-5H3/t14?,15-,17-,18?,20-,21+,22+/m0/s1. The van der Waals surface area contributed by atoms with Crippen LogP contribution in [0.4, 0.5) is 0 Å². The van der Waals surface area contributed by atoms with Crippen molar-refractivity contribution in [3.05, 3.63) is 23.7 Å². The van der Waals surface area contributed by atoms with Gasteiger partial charge in [0.25, 0.3) is 0 Å². The molecule has 2 fully saturated rings. The molecule has 6 heteroatoms. The molecule has 0 aromatic carbocycles. The molecular formula is C22H32O6. The van der Waals surface area contributed by atoms with Crippen molar-refractivity contribution in [3.63, 3.8) is 0 Å². The number of fused-ring (bicyclic) bond motifs is 4. The Bertz CT molecular complexity index is 795. The number of rotatable bonds is 1. The Labute approximate surface area is 165 Å². The van der Waals surface area contributed by atoms with E-state index in [1.54, 1.807) is 19.3 Å². The summed E-state index contributed by atoms with van der Waals surface area (Å²) in [6.07, 6.45) is 2.13. The lowest BCUT2D eigenvalue weighted by atomic mass is 9.39. The van der Waals surface area contributed by atoms with Gasteiger partial charge in [0.05, 0.1) is 23.6 Å². The fourth-order valence-corrected chi connectivity index (χ4v) is 6.92. The summed E-state index contributed by atoms with van der Waals surface area (Å²) in [6.45, 7) is 9.10. The van der Waals surface area contributed by atoms with Crippen LogP contribution in [0.25, 0.3) is 0 Å². The highest BCUT2D eigenvalue weighted by molar-refractivity contribution is 5.66. The molecule has 0 aliphatic heterocycles. The molecule has 1 aromatic rings. The zero-order valence-corrected chi connectivity index (χ0v) is 17.4. The Balaban J connectivity index is 1.91. The van der Waals surface area contributed by atoms with Crippen molar-refractivity contribution >= 4 is 5.97 Å². The Kier molecular flexibility index (Phi) is 4.15. The van der Waals surface area contributed by atoms with E-state index in [0.717, 1.165) is 0 Å². The van der Waals surface area contributed by atoms with Gasteiger partial charge in [-0.1, -0.05) is 20.8 Å². The Morgan fingerprint density at radius 2 is 1.93 bits per heavy atom. The fraction of sp³-hybridized carbons (Fsp3) is 0.773. The van der Waals surface area contributed by atoms with E-state index in [0.29, 0.717) is 30.6 Å². The molecule has 156 valence electrons. The zero-order valence-electron chi connectivity index (χ0n) is 17.4. The number of furan rings is 1. The number of ether oxygens (including phenoxy) is 1. The summed E-state index contributed by atoms with van der Waals surface area (Å²) >= 11 is 0. The SMILES string of the molecule is CC(=O)O[C@H]1CCC(C)(C)[C@]2(O)C[C@H](O)C3C(Cc4occc4[C@@]3(C)O)[C@@]12C. The first-order valence-electron chi connectivity index (χ1n) is 10.2. The third-order valence-corrected chi connectivity index (χ3v) is 8.49. The molecule has 28 heavy (non-hydrogen) atoms. The number of hydrogen-bond acceptors (Lipinski definition) is 6. The lowest BCUT2D eigenvalue weighted by Crippen LogP contribution is -2.75. The molecule has 3 N–H and O–H groups in total. The highest BCUT2D eigenvalue weighted by Crippen LogP contribution is 2.67. The summed E-state index contributed by atoms with van der Waals surface area (Å²) < 4.78 is 11.4. The van der Waals surface area contributed by atoms with E-state index < -0.39 is 40.2 Å². The number of carbonyl (C=O) groups excluding carboxylic acids is 1. The maximum Gasteiger partial charge on any atom is 0.302 e. The molecule has 0 bridgehead atoms. The van der Waals surface area contributed by atoms with Crippen LogP contribution >= 0.6 is 0 Å². The van der Waals surface area contributed by atoms with Gasteiger partial charge in [0, 0.05) is 36.7 Å². The summed E-state index contributed by atoms with van der Waals surface area (Å²) in [7, 11) is 0. The molecule has 1 aromatic heterocycles. The smallest absolute Gasteiger partial charge is 0.302 e. The van der Waals surface area contributed by atoms with Gasteiger partial charge in [-0.25, -0.2) is 0 Å². The van der Waals surface area contributed by atoms with Crippen LogP contribution < -0.4 is 0 Å². The fourth-order valence-electron chi connectivity index (χ4n) is 6.92. The monoisotopic (exact) mass is 392 g/mol. The van der Waals surface area contributed by atoms with Crippen LogP contribution in [0.2, 0.25) is 0 Å². The minimum atomic E-state index is -1.29. The average molecular weight is 392 g/mol. The third-order valence-electron chi connectivity index (χ3n) is 8.49. The molecule has 0 spiro atoms.